The first-order chi connectivity index (χ1) is 7.86. The number of hydrogen-bond donors (Lipinski definition) is 3. The Morgan fingerprint density at radius 2 is 2.00 bits per heavy atom. The molecule has 0 aromatic rings. The lowest BCUT2D eigenvalue weighted by Crippen LogP contribution is -2.54. The molecule has 0 aromatic carbocycles. The van der Waals surface area contributed by atoms with Crippen LogP contribution in [-0.4, -0.2) is 35.1 Å². The number of likely N-dealkylation sites (N-methyl/N-ethyl adjacent to an activating group) is 1. The molecule has 0 unspecified atom stereocenters. The van der Waals surface area contributed by atoms with Crippen LogP contribution in [0.25, 0.3) is 0 Å². The molecule has 5 nitrogen and oxygen atoms in total. The molecule has 1 rings (SSSR count). The summed E-state index contributed by atoms with van der Waals surface area (Å²) in [6.07, 6.45) is 1.95. The fraction of sp³-hybridized carbons (Fsp3) is 0.833. The highest BCUT2D eigenvalue weighted by Gasteiger charge is 2.34. The van der Waals surface area contributed by atoms with Crippen molar-refractivity contribution in [3.05, 3.63) is 0 Å². The third kappa shape index (κ3) is 3.70. The van der Waals surface area contributed by atoms with Crippen molar-refractivity contribution in [2.45, 2.75) is 51.6 Å². The molecule has 0 aromatic heterocycles. The molecular formula is C12H22N2O3. The van der Waals surface area contributed by atoms with Gasteiger partial charge >= 0.3 is 5.97 Å². The summed E-state index contributed by atoms with van der Waals surface area (Å²) in [5, 5.41) is 14.9. The van der Waals surface area contributed by atoms with E-state index >= 15 is 0 Å². The van der Waals surface area contributed by atoms with E-state index in [1.165, 1.54) is 0 Å². The van der Waals surface area contributed by atoms with Gasteiger partial charge in [-0.3, -0.25) is 9.59 Å². The SMILES string of the molecule is CCNC(C)(C)C(=O)N[C@H]1CC[C@@H](C(=O)O)C1. The predicted octanol–water partition coefficient (Wildman–Crippen LogP) is 0.744. The van der Waals surface area contributed by atoms with Crippen molar-refractivity contribution in [3.8, 4) is 0 Å². The lowest BCUT2D eigenvalue weighted by Gasteiger charge is -2.26. The quantitative estimate of drug-likeness (QED) is 0.664. The third-order valence-electron chi connectivity index (χ3n) is 3.30. The summed E-state index contributed by atoms with van der Waals surface area (Å²) in [6.45, 7) is 6.33. The second-order valence-electron chi connectivity index (χ2n) is 5.17. The van der Waals surface area contributed by atoms with Gasteiger partial charge < -0.3 is 15.7 Å². The minimum atomic E-state index is -0.757. The molecule has 0 radical (unpaired) electrons. The molecule has 0 saturated heterocycles. The topological polar surface area (TPSA) is 78.4 Å². The Morgan fingerprint density at radius 1 is 1.35 bits per heavy atom. The van der Waals surface area contributed by atoms with E-state index in [0.29, 0.717) is 12.8 Å². The third-order valence-corrected chi connectivity index (χ3v) is 3.30. The first kappa shape index (κ1) is 14.0. The van der Waals surface area contributed by atoms with Crippen LogP contribution >= 0.6 is 0 Å². The van der Waals surface area contributed by atoms with E-state index in [-0.39, 0.29) is 17.9 Å². The summed E-state index contributed by atoms with van der Waals surface area (Å²) in [6, 6.07) is 0.00142. The standard InChI is InChI=1S/C12H22N2O3/c1-4-13-12(2,3)11(17)14-9-6-5-8(7-9)10(15)16/h8-9,13H,4-7H2,1-3H3,(H,14,17)(H,15,16)/t8-,9+/m1/s1. The number of rotatable bonds is 5. The molecule has 17 heavy (non-hydrogen) atoms. The Balaban J connectivity index is 2.45. The molecule has 1 aliphatic carbocycles. The zero-order chi connectivity index (χ0) is 13.1. The van der Waals surface area contributed by atoms with Crippen molar-refractivity contribution < 1.29 is 14.7 Å². The summed E-state index contributed by atoms with van der Waals surface area (Å²) in [5.74, 6) is -1.12. The van der Waals surface area contributed by atoms with Gasteiger partial charge in [-0.1, -0.05) is 6.92 Å². The van der Waals surface area contributed by atoms with Crippen molar-refractivity contribution in [1.82, 2.24) is 10.6 Å². The van der Waals surface area contributed by atoms with Crippen LogP contribution in [0.15, 0.2) is 0 Å². The van der Waals surface area contributed by atoms with Crippen molar-refractivity contribution in [1.29, 1.82) is 0 Å². The van der Waals surface area contributed by atoms with Crippen LogP contribution in [0.5, 0.6) is 0 Å². The number of amides is 1. The van der Waals surface area contributed by atoms with Gasteiger partial charge in [0.15, 0.2) is 0 Å². The molecule has 1 saturated carbocycles. The summed E-state index contributed by atoms with van der Waals surface area (Å²) in [5.41, 5.74) is -0.601. The lowest BCUT2D eigenvalue weighted by molar-refractivity contribution is -0.141. The zero-order valence-corrected chi connectivity index (χ0v) is 10.7. The van der Waals surface area contributed by atoms with Gasteiger partial charge in [0.05, 0.1) is 11.5 Å². The van der Waals surface area contributed by atoms with E-state index in [9.17, 15) is 9.59 Å². The Hall–Kier alpha value is -1.10. The number of aliphatic carboxylic acids is 1. The smallest absolute Gasteiger partial charge is 0.306 e. The first-order valence-electron chi connectivity index (χ1n) is 6.15. The van der Waals surface area contributed by atoms with E-state index in [4.69, 9.17) is 5.11 Å². The highest BCUT2D eigenvalue weighted by Crippen LogP contribution is 2.26. The van der Waals surface area contributed by atoms with Crippen LogP contribution in [0, 0.1) is 5.92 Å². The van der Waals surface area contributed by atoms with Gasteiger partial charge in [0.1, 0.15) is 0 Å². The monoisotopic (exact) mass is 242 g/mol. The number of nitrogens with one attached hydrogen (secondary N) is 2. The van der Waals surface area contributed by atoms with Crippen molar-refractivity contribution in [2.75, 3.05) is 6.54 Å². The van der Waals surface area contributed by atoms with E-state index < -0.39 is 11.5 Å². The van der Waals surface area contributed by atoms with E-state index in [1.807, 2.05) is 20.8 Å². The van der Waals surface area contributed by atoms with Crippen LogP contribution in [0.1, 0.15) is 40.0 Å². The number of carboxylic acid groups (broad SMARTS) is 1. The Labute approximate surface area is 102 Å². The average molecular weight is 242 g/mol. The number of carboxylic acids is 1. The fourth-order valence-corrected chi connectivity index (χ4v) is 2.22. The van der Waals surface area contributed by atoms with Gasteiger partial charge in [-0.15, -0.1) is 0 Å². The maximum Gasteiger partial charge on any atom is 0.306 e. The maximum atomic E-state index is 12.0. The van der Waals surface area contributed by atoms with E-state index in [2.05, 4.69) is 10.6 Å². The summed E-state index contributed by atoms with van der Waals surface area (Å²) in [4.78, 5) is 22.8. The minimum Gasteiger partial charge on any atom is -0.481 e. The van der Waals surface area contributed by atoms with Crippen molar-refractivity contribution >= 4 is 11.9 Å². The van der Waals surface area contributed by atoms with Gasteiger partial charge in [-0.05, 0) is 39.7 Å². The Bertz CT molecular complexity index is 302. The molecule has 1 amide bonds. The van der Waals surface area contributed by atoms with Crippen LogP contribution in [0.4, 0.5) is 0 Å². The largest absolute Gasteiger partial charge is 0.481 e. The zero-order valence-electron chi connectivity index (χ0n) is 10.7. The molecule has 0 bridgehead atoms. The highest BCUT2D eigenvalue weighted by molar-refractivity contribution is 5.85. The van der Waals surface area contributed by atoms with Gasteiger partial charge in [0.2, 0.25) is 5.91 Å². The van der Waals surface area contributed by atoms with Crippen molar-refractivity contribution in [3.63, 3.8) is 0 Å². The molecule has 3 N–H and O–H groups in total. The fourth-order valence-electron chi connectivity index (χ4n) is 2.22. The second-order valence-corrected chi connectivity index (χ2v) is 5.17. The van der Waals surface area contributed by atoms with Gasteiger partial charge in [0.25, 0.3) is 0 Å². The van der Waals surface area contributed by atoms with Crippen molar-refractivity contribution in [2.24, 2.45) is 5.92 Å². The van der Waals surface area contributed by atoms with Gasteiger partial charge in [0, 0.05) is 6.04 Å². The minimum absolute atomic E-state index is 0.00142. The molecule has 2 atom stereocenters. The molecule has 0 heterocycles. The average Bonchev–Trinajstić information content (AvgIpc) is 2.66. The second kappa shape index (κ2) is 5.49. The van der Waals surface area contributed by atoms with Crippen LogP contribution in [0.3, 0.4) is 0 Å². The molecule has 1 fully saturated rings. The first-order valence-corrected chi connectivity index (χ1v) is 6.15. The summed E-state index contributed by atoms with van der Waals surface area (Å²) in [7, 11) is 0. The molecule has 0 aliphatic heterocycles. The van der Waals surface area contributed by atoms with E-state index in [0.717, 1.165) is 13.0 Å². The lowest BCUT2D eigenvalue weighted by atomic mass is 10.0. The summed E-state index contributed by atoms with van der Waals surface area (Å²) >= 11 is 0. The van der Waals surface area contributed by atoms with E-state index in [1.54, 1.807) is 0 Å². The van der Waals surface area contributed by atoms with Gasteiger partial charge in [-0.25, -0.2) is 0 Å². The predicted molar refractivity (Wildman–Crippen MR) is 64.7 cm³/mol. The molecule has 0 spiro atoms. The van der Waals surface area contributed by atoms with Crippen LogP contribution in [-0.2, 0) is 9.59 Å². The number of carbonyl (C=O) groups is 2. The molecular weight excluding hydrogens is 220 g/mol. The van der Waals surface area contributed by atoms with Gasteiger partial charge in [-0.2, -0.15) is 0 Å². The Kier molecular flexibility index (Phi) is 4.51. The Morgan fingerprint density at radius 3 is 2.47 bits per heavy atom. The molecule has 5 heteroatoms. The van der Waals surface area contributed by atoms with Crippen LogP contribution in [0.2, 0.25) is 0 Å². The maximum absolute atomic E-state index is 12.0. The molecule has 1 aliphatic rings. The highest BCUT2D eigenvalue weighted by atomic mass is 16.4. The number of hydrogen-bond acceptors (Lipinski definition) is 3. The molecule has 98 valence electrons. The number of carbonyl (C=O) groups excluding carboxylic acids is 1. The summed E-state index contributed by atoms with van der Waals surface area (Å²) < 4.78 is 0. The van der Waals surface area contributed by atoms with Crippen LogP contribution < -0.4 is 10.6 Å². The normalized spacial score (nSPS) is 24.6.